The molecule has 1 N–H and O–H groups in total. The molecule has 4 nitrogen and oxygen atoms in total. The molecule has 0 aliphatic rings. The fraction of sp³-hybridized carbons (Fsp3) is 0.636. The molecule has 0 radical (unpaired) electrons. The van der Waals surface area contributed by atoms with Crippen LogP contribution in [0.4, 0.5) is 5.13 Å². The zero-order valence-corrected chi connectivity index (χ0v) is 11.0. The maximum Gasteiger partial charge on any atom is 0.228 e. The van der Waals surface area contributed by atoms with E-state index in [2.05, 4.69) is 31.1 Å². The first-order valence-corrected chi connectivity index (χ1v) is 6.06. The van der Waals surface area contributed by atoms with E-state index in [1.54, 1.807) is 7.11 Å². The summed E-state index contributed by atoms with van der Waals surface area (Å²) in [5.41, 5.74) is 1.02. The molecule has 0 atom stereocenters. The Morgan fingerprint density at radius 1 is 1.56 bits per heavy atom. The summed E-state index contributed by atoms with van der Waals surface area (Å²) in [6, 6.07) is 0. The summed E-state index contributed by atoms with van der Waals surface area (Å²) in [4.78, 5) is 15.8. The van der Waals surface area contributed by atoms with Crippen LogP contribution in [-0.2, 0) is 14.9 Å². The minimum absolute atomic E-state index is 0.0198. The van der Waals surface area contributed by atoms with E-state index >= 15 is 0 Å². The molecule has 0 fully saturated rings. The Balaban J connectivity index is 2.56. The van der Waals surface area contributed by atoms with Crippen LogP contribution in [-0.4, -0.2) is 24.6 Å². The summed E-state index contributed by atoms with van der Waals surface area (Å²) >= 11 is 1.45. The summed E-state index contributed by atoms with van der Waals surface area (Å²) in [6.45, 7) is 6.72. The van der Waals surface area contributed by atoms with Gasteiger partial charge in [0.05, 0.1) is 18.7 Å². The third kappa shape index (κ3) is 3.90. The quantitative estimate of drug-likeness (QED) is 0.882. The number of hydrogen-bond donors (Lipinski definition) is 1. The van der Waals surface area contributed by atoms with Crippen molar-refractivity contribution in [3.8, 4) is 0 Å². The Hall–Kier alpha value is -0.940. The molecule has 1 heterocycles. The number of anilines is 1. The van der Waals surface area contributed by atoms with Crippen molar-refractivity contribution in [2.45, 2.75) is 32.6 Å². The van der Waals surface area contributed by atoms with Gasteiger partial charge in [0.15, 0.2) is 5.13 Å². The van der Waals surface area contributed by atoms with Gasteiger partial charge in [-0.1, -0.05) is 20.8 Å². The Bertz CT molecular complexity index is 355. The molecule has 16 heavy (non-hydrogen) atoms. The second kappa shape index (κ2) is 5.41. The average molecular weight is 242 g/mol. The van der Waals surface area contributed by atoms with Crippen LogP contribution in [0.5, 0.6) is 0 Å². The smallest absolute Gasteiger partial charge is 0.228 e. The van der Waals surface area contributed by atoms with E-state index < -0.39 is 0 Å². The Morgan fingerprint density at radius 2 is 2.25 bits per heavy atom. The van der Waals surface area contributed by atoms with E-state index in [1.165, 1.54) is 11.3 Å². The fourth-order valence-corrected chi connectivity index (χ4v) is 2.01. The largest absolute Gasteiger partial charge is 0.384 e. The molecule has 0 aliphatic heterocycles. The second-order valence-electron chi connectivity index (χ2n) is 4.58. The maximum absolute atomic E-state index is 11.4. The highest BCUT2D eigenvalue weighted by Crippen LogP contribution is 2.26. The lowest BCUT2D eigenvalue weighted by atomic mass is 9.93. The van der Waals surface area contributed by atoms with E-state index in [1.807, 2.05) is 5.38 Å². The number of ether oxygens (including phenoxy) is 1. The van der Waals surface area contributed by atoms with Crippen molar-refractivity contribution in [1.29, 1.82) is 0 Å². The first-order valence-electron chi connectivity index (χ1n) is 5.18. The number of aromatic nitrogens is 1. The summed E-state index contributed by atoms with van der Waals surface area (Å²) < 4.78 is 4.83. The molecule has 0 aliphatic carbocycles. The van der Waals surface area contributed by atoms with E-state index in [4.69, 9.17) is 4.74 Å². The number of hydrogen-bond acceptors (Lipinski definition) is 4. The molecule has 90 valence electrons. The van der Waals surface area contributed by atoms with Crippen molar-refractivity contribution in [1.82, 2.24) is 4.98 Å². The van der Waals surface area contributed by atoms with Gasteiger partial charge in [0.25, 0.3) is 0 Å². The van der Waals surface area contributed by atoms with Crippen molar-refractivity contribution >= 4 is 22.4 Å². The number of methoxy groups -OCH3 is 1. The second-order valence-corrected chi connectivity index (χ2v) is 5.44. The molecule has 5 heteroatoms. The highest BCUT2D eigenvalue weighted by atomic mass is 32.1. The van der Waals surface area contributed by atoms with Gasteiger partial charge in [-0.3, -0.25) is 4.79 Å². The number of nitrogens with zero attached hydrogens (tertiary/aromatic N) is 1. The lowest BCUT2D eigenvalue weighted by molar-refractivity contribution is -0.117. The molecule has 1 amide bonds. The molecular formula is C11H18N2O2S. The van der Waals surface area contributed by atoms with Crippen LogP contribution in [0.15, 0.2) is 5.38 Å². The number of nitrogens with one attached hydrogen (secondary N) is 1. The van der Waals surface area contributed by atoms with Gasteiger partial charge >= 0.3 is 0 Å². The van der Waals surface area contributed by atoms with Gasteiger partial charge < -0.3 is 10.1 Å². The molecule has 0 saturated heterocycles. The molecule has 0 unspecified atom stereocenters. The fourth-order valence-electron chi connectivity index (χ4n) is 1.05. The average Bonchev–Trinajstić information content (AvgIpc) is 2.62. The minimum atomic E-state index is -0.0586. The Morgan fingerprint density at radius 3 is 2.75 bits per heavy atom. The van der Waals surface area contributed by atoms with Crippen LogP contribution in [0.25, 0.3) is 0 Å². The van der Waals surface area contributed by atoms with Crippen LogP contribution in [0.2, 0.25) is 0 Å². The number of amides is 1. The van der Waals surface area contributed by atoms with Gasteiger partial charge in [-0.15, -0.1) is 11.3 Å². The maximum atomic E-state index is 11.4. The van der Waals surface area contributed by atoms with Crippen molar-refractivity contribution in [2.24, 2.45) is 0 Å². The third-order valence-electron chi connectivity index (χ3n) is 2.05. The van der Waals surface area contributed by atoms with Crippen LogP contribution >= 0.6 is 11.3 Å². The summed E-state index contributed by atoms with van der Waals surface area (Å²) in [5, 5.41) is 5.39. The zero-order chi connectivity index (χ0) is 12.2. The van der Waals surface area contributed by atoms with Gasteiger partial charge in [-0.2, -0.15) is 0 Å². The number of thiazole rings is 1. The standard InChI is InChI=1S/C11H18N2O2S/c1-11(2,3)8-7-16-10(12-8)13-9(14)5-6-15-4/h7H,5-6H2,1-4H3,(H,12,13,14). The van der Waals surface area contributed by atoms with Crippen molar-refractivity contribution in [2.75, 3.05) is 19.0 Å². The number of carbonyl (C=O) groups excluding carboxylic acids is 1. The molecule has 1 aromatic heterocycles. The van der Waals surface area contributed by atoms with Crippen molar-refractivity contribution < 1.29 is 9.53 Å². The van der Waals surface area contributed by atoms with Crippen molar-refractivity contribution in [3.63, 3.8) is 0 Å². The van der Waals surface area contributed by atoms with E-state index in [-0.39, 0.29) is 11.3 Å². The van der Waals surface area contributed by atoms with Crippen LogP contribution in [0.3, 0.4) is 0 Å². The molecule has 0 saturated carbocycles. The van der Waals surface area contributed by atoms with Gasteiger partial charge in [0.2, 0.25) is 5.91 Å². The van der Waals surface area contributed by atoms with Gasteiger partial charge in [0, 0.05) is 17.9 Å². The van der Waals surface area contributed by atoms with Gasteiger partial charge in [-0.05, 0) is 0 Å². The van der Waals surface area contributed by atoms with Crippen LogP contribution < -0.4 is 5.32 Å². The van der Waals surface area contributed by atoms with E-state index in [0.717, 1.165) is 5.69 Å². The molecule has 0 spiro atoms. The van der Waals surface area contributed by atoms with Crippen LogP contribution in [0.1, 0.15) is 32.9 Å². The van der Waals surface area contributed by atoms with E-state index in [0.29, 0.717) is 18.2 Å². The molecule has 1 rings (SSSR count). The molecule has 0 bridgehead atoms. The SMILES string of the molecule is COCCC(=O)Nc1nc(C(C)(C)C)cs1. The minimum Gasteiger partial charge on any atom is -0.384 e. The number of carbonyl (C=O) groups is 1. The Labute approximate surface area is 100 Å². The zero-order valence-electron chi connectivity index (χ0n) is 10.2. The summed E-state index contributed by atoms with van der Waals surface area (Å²) in [6.07, 6.45) is 0.362. The predicted molar refractivity (Wildman–Crippen MR) is 65.9 cm³/mol. The highest BCUT2D eigenvalue weighted by molar-refractivity contribution is 7.13. The molecule has 0 aromatic carbocycles. The number of rotatable bonds is 4. The molecular weight excluding hydrogens is 224 g/mol. The van der Waals surface area contributed by atoms with E-state index in [9.17, 15) is 4.79 Å². The summed E-state index contributed by atoms with van der Waals surface area (Å²) in [7, 11) is 1.58. The summed E-state index contributed by atoms with van der Waals surface area (Å²) in [5.74, 6) is -0.0586. The van der Waals surface area contributed by atoms with Gasteiger partial charge in [-0.25, -0.2) is 4.98 Å². The lowest BCUT2D eigenvalue weighted by Gasteiger charge is -2.14. The first kappa shape index (κ1) is 13.1. The third-order valence-corrected chi connectivity index (χ3v) is 2.81. The Kier molecular flexibility index (Phi) is 4.44. The topological polar surface area (TPSA) is 51.2 Å². The van der Waals surface area contributed by atoms with Crippen molar-refractivity contribution in [3.05, 3.63) is 11.1 Å². The lowest BCUT2D eigenvalue weighted by Crippen LogP contribution is -2.15. The van der Waals surface area contributed by atoms with Gasteiger partial charge in [0.1, 0.15) is 0 Å². The predicted octanol–water partition coefficient (Wildman–Crippen LogP) is 2.42. The normalized spacial score (nSPS) is 11.5. The first-order chi connectivity index (χ1) is 7.43. The monoisotopic (exact) mass is 242 g/mol. The van der Waals surface area contributed by atoms with Crippen LogP contribution in [0, 0.1) is 0 Å². The highest BCUT2D eigenvalue weighted by Gasteiger charge is 2.17. The molecule has 1 aromatic rings.